The number of aromatic amines is 1. The van der Waals surface area contributed by atoms with Crippen LogP contribution in [-0.4, -0.2) is 40.5 Å². The van der Waals surface area contributed by atoms with Crippen LogP contribution in [0.5, 0.6) is 5.88 Å². The van der Waals surface area contributed by atoms with E-state index >= 15 is 0 Å². The summed E-state index contributed by atoms with van der Waals surface area (Å²) in [5.74, 6) is 0.644. The fourth-order valence-electron chi connectivity index (χ4n) is 2.04. The summed E-state index contributed by atoms with van der Waals surface area (Å²) in [6.45, 7) is 0.880. The maximum absolute atomic E-state index is 5.71. The van der Waals surface area contributed by atoms with Gasteiger partial charge in [-0.3, -0.25) is 5.10 Å². The Kier molecular flexibility index (Phi) is 3.65. The molecule has 0 aliphatic heterocycles. The monoisotopic (exact) mass is 285 g/mol. The standard InChI is InChI=1S/C14H15N5O2/c1-20-4-5-21-13-11-6-9(10-7-16-17-8-10)2-3-12(11)18-14(15)19-13/h2-3,6-8H,4-5H2,1H3,(H,16,17)(H2,15,18,19). The van der Waals surface area contributed by atoms with E-state index in [9.17, 15) is 0 Å². The van der Waals surface area contributed by atoms with Crippen molar-refractivity contribution < 1.29 is 9.47 Å². The Morgan fingerprint density at radius 1 is 1.19 bits per heavy atom. The second-order valence-electron chi connectivity index (χ2n) is 4.45. The number of nitrogen functional groups attached to an aromatic ring is 1. The highest BCUT2D eigenvalue weighted by Gasteiger charge is 2.10. The molecule has 0 spiro atoms. The van der Waals surface area contributed by atoms with Gasteiger partial charge in [-0.2, -0.15) is 10.1 Å². The van der Waals surface area contributed by atoms with Crippen LogP contribution in [-0.2, 0) is 4.74 Å². The third-order valence-electron chi connectivity index (χ3n) is 3.04. The Hall–Kier alpha value is -2.67. The molecule has 0 aliphatic carbocycles. The Morgan fingerprint density at radius 3 is 2.86 bits per heavy atom. The molecule has 3 rings (SSSR count). The fourth-order valence-corrected chi connectivity index (χ4v) is 2.04. The van der Waals surface area contributed by atoms with Crippen molar-refractivity contribution >= 4 is 16.9 Å². The van der Waals surface area contributed by atoms with E-state index in [1.807, 2.05) is 24.4 Å². The summed E-state index contributed by atoms with van der Waals surface area (Å²) in [7, 11) is 1.62. The predicted molar refractivity (Wildman–Crippen MR) is 78.9 cm³/mol. The van der Waals surface area contributed by atoms with Crippen molar-refractivity contribution in [2.75, 3.05) is 26.1 Å². The molecular weight excluding hydrogens is 270 g/mol. The van der Waals surface area contributed by atoms with Crippen LogP contribution in [0.3, 0.4) is 0 Å². The van der Waals surface area contributed by atoms with Crippen molar-refractivity contribution in [3.05, 3.63) is 30.6 Å². The van der Waals surface area contributed by atoms with Gasteiger partial charge in [-0.15, -0.1) is 0 Å². The van der Waals surface area contributed by atoms with Crippen LogP contribution < -0.4 is 10.5 Å². The number of rotatable bonds is 5. The highest BCUT2D eigenvalue weighted by atomic mass is 16.5. The van der Waals surface area contributed by atoms with Crippen LogP contribution in [0.2, 0.25) is 0 Å². The molecule has 0 unspecified atom stereocenters. The number of ether oxygens (including phenoxy) is 2. The number of methoxy groups -OCH3 is 1. The Bertz CT molecular complexity index is 742. The number of aromatic nitrogens is 4. The Morgan fingerprint density at radius 2 is 2.10 bits per heavy atom. The Labute approximate surface area is 121 Å². The van der Waals surface area contributed by atoms with Crippen molar-refractivity contribution in [1.29, 1.82) is 0 Å². The second-order valence-corrected chi connectivity index (χ2v) is 4.45. The molecule has 7 heteroatoms. The van der Waals surface area contributed by atoms with Crippen LogP contribution in [0.15, 0.2) is 30.6 Å². The molecule has 0 saturated carbocycles. The van der Waals surface area contributed by atoms with Gasteiger partial charge < -0.3 is 15.2 Å². The molecule has 3 aromatic rings. The van der Waals surface area contributed by atoms with E-state index in [1.54, 1.807) is 13.3 Å². The van der Waals surface area contributed by atoms with Gasteiger partial charge in [0.05, 0.1) is 23.7 Å². The number of H-pyrrole nitrogens is 1. The lowest BCUT2D eigenvalue weighted by atomic mass is 10.1. The summed E-state index contributed by atoms with van der Waals surface area (Å²) in [5.41, 5.74) is 8.44. The van der Waals surface area contributed by atoms with Gasteiger partial charge in [0.15, 0.2) is 0 Å². The molecule has 7 nitrogen and oxygen atoms in total. The first kappa shape index (κ1) is 13.3. The third kappa shape index (κ3) is 2.77. The molecule has 0 bridgehead atoms. The first-order chi connectivity index (χ1) is 10.3. The van der Waals surface area contributed by atoms with Crippen molar-refractivity contribution in [3.63, 3.8) is 0 Å². The molecule has 3 N–H and O–H groups in total. The van der Waals surface area contributed by atoms with Crippen LogP contribution in [0.1, 0.15) is 0 Å². The molecular formula is C14H15N5O2. The highest BCUT2D eigenvalue weighted by Crippen LogP contribution is 2.28. The lowest BCUT2D eigenvalue weighted by Crippen LogP contribution is -2.07. The molecule has 0 saturated heterocycles. The van der Waals surface area contributed by atoms with Crippen molar-refractivity contribution in [3.8, 4) is 17.0 Å². The number of hydrogen-bond donors (Lipinski definition) is 2. The number of nitrogens with two attached hydrogens (primary N) is 1. The highest BCUT2D eigenvalue weighted by molar-refractivity contribution is 5.88. The summed E-state index contributed by atoms with van der Waals surface area (Å²) >= 11 is 0. The zero-order valence-electron chi connectivity index (χ0n) is 11.5. The number of nitrogens with zero attached hydrogens (tertiary/aromatic N) is 3. The summed E-state index contributed by atoms with van der Waals surface area (Å²) < 4.78 is 10.6. The van der Waals surface area contributed by atoms with E-state index in [4.69, 9.17) is 15.2 Å². The first-order valence-corrected chi connectivity index (χ1v) is 6.46. The zero-order valence-corrected chi connectivity index (χ0v) is 11.5. The number of anilines is 1. The minimum atomic E-state index is 0.186. The quantitative estimate of drug-likeness (QED) is 0.691. The minimum Gasteiger partial charge on any atom is -0.475 e. The van der Waals surface area contributed by atoms with Crippen molar-refractivity contribution in [1.82, 2.24) is 20.2 Å². The largest absolute Gasteiger partial charge is 0.475 e. The molecule has 0 atom stereocenters. The fraction of sp³-hybridized carbons (Fsp3) is 0.214. The first-order valence-electron chi connectivity index (χ1n) is 6.46. The van der Waals surface area contributed by atoms with E-state index in [0.717, 1.165) is 22.0 Å². The number of fused-ring (bicyclic) bond motifs is 1. The molecule has 0 aliphatic rings. The van der Waals surface area contributed by atoms with E-state index in [1.165, 1.54) is 0 Å². The molecule has 21 heavy (non-hydrogen) atoms. The number of benzene rings is 1. The minimum absolute atomic E-state index is 0.186. The summed E-state index contributed by atoms with van der Waals surface area (Å²) in [5, 5.41) is 7.55. The normalized spacial score (nSPS) is 10.9. The topological polar surface area (TPSA) is 98.9 Å². The van der Waals surface area contributed by atoms with Gasteiger partial charge >= 0.3 is 0 Å². The second kappa shape index (κ2) is 5.76. The Balaban J connectivity index is 2.05. The summed E-state index contributed by atoms with van der Waals surface area (Å²) in [6.07, 6.45) is 3.58. The van der Waals surface area contributed by atoms with E-state index in [2.05, 4.69) is 20.2 Å². The van der Waals surface area contributed by atoms with Crippen LogP contribution in [0.4, 0.5) is 5.95 Å². The molecule has 108 valence electrons. The van der Waals surface area contributed by atoms with Crippen molar-refractivity contribution in [2.45, 2.75) is 0 Å². The smallest absolute Gasteiger partial charge is 0.226 e. The van der Waals surface area contributed by atoms with Gasteiger partial charge in [0.25, 0.3) is 0 Å². The third-order valence-corrected chi connectivity index (χ3v) is 3.04. The molecule has 0 fully saturated rings. The average Bonchev–Trinajstić information content (AvgIpc) is 3.01. The van der Waals surface area contributed by atoms with Gasteiger partial charge in [0.2, 0.25) is 11.8 Å². The molecule has 2 aromatic heterocycles. The van der Waals surface area contributed by atoms with Crippen molar-refractivity contribution in [2.24, 2.45) is 0 Å². The van der Waals surface area contributed by atoms with Gasteiger partial charge in [-0.1, -0.05) is 6.07 Å². The summed E-state index contributed by atoms with van der Waals surface area (Å²) in [4.78, 5) is 8.38. The molecule has 1 aromatic carbocycles. The van der Waals surface area contributed by atoms with Crippen LogP contribution in [0.25, 0.3) is 22.0 Å². The van der Waals surface area contributed by atoms with Crippen LogP contribution >= 0.6 is 0 Å². The van der Waals surface area contributed by atoms with Crippen LogP contribution in [0, 0.1) is 0 Å². The average molecular weight is 285 g/mol. The molecule has 0 amide bonds. The summed E-state index contributed by atoms with van der Waals surface area (Å²) in [6, 6.07) is 5.80. The van der Waals surface area contributed by atoms with Gasteiger partial charge in [0, 0.05) is 18.9 Å². The molecule has 0 radical (unpaired) electrons. The SMILES string of the molecule is COCCOc1nc(N)nc2ccc(-c3cn[nH]c3)cc12. The number of nitrogens with one attached hydrogen (secondary N) is 1. The van der Waals surface area contributed by atoms with E-state index in [0.29, 0.717) is 19.1 Å². The maximum atomic E-state index is 5.71. The van der Waals surface area contributed by atoms with Gasteiger partial charge in [-0.05, 0) is 17.7 Å². The predicted octanol–water partition coefficient (Wildman–Crippen LogP) is 1.63. The van der Waals surface area contributed by atoms with E-state index in [-0.39, 0.29) is 5.95 Å². The molecule has 2 heterocycles. The van der Waals surface area contributed by atoms with Gasteiger partial charge in [-0.25, -0.2) is 4.98 Å². The lowest BCUT2D eigenvalue weighted by Gasteiger charge is -2.09. The maximum Gasteiger partial charge on any atom is 0.226 e. The zero-order chi connectivity index (χ0) is 14.7. The lowest BCUT2D eigenvalue weighted by molar-refractivity contribution is 0.144. The number of hydrogen-bond acceptors (Lipinski definition) is 6. The van der Waals surface area contributed by atoms with Gasteiger partial charge in [0.1, 0.15) is 6.61 Å². The van der Waals surface area contributed by atoms with E-state index < -0.39 is 0 Å².